The fourth-order valence-corrected chi connectivity index (χ4v) is 1.62. The van der Waals surface area contributed by atoms with Crippen LogP contribution in [0, 0.1) is 0 Å². The first kappa shape index (κ1) is 14.7. The fourth-order valence-electron chi connectivity index (χ4n) is 1.62. The zero-order chi connectivity index (χ0) is 13.5. The molecule has 1 unspecified atom stereocenters. The third kappa shape index (κ3) is 4.14. The minimum absolute atomic E-state index is 0.0222. The van der Waals surface area contributed by atoms with Crippen molar-refractivity contribution in [1.82, 2.24) is 0 Å². The molecule has 1 rings (SSSR count). The number of para-hydroxylation sites is 1. The van der Waals surface area contributed by atoms with E-state index in [2.05, 4.69) is 0 Å². The first-order valence-corrected chi connectivity index (χ1v) is 5.90. The van der Waals surface area contributed by atoms with Crippen molar-refractivity contribution in [1.29, 1.82) is 0 Å². The number of hydrogen-bond acceptors (Lipinski definition) is 3. The SMILES string of the molecule is CCC(N)Cc1cccc(OC)c1OCC(F)F. The number of rotatable bonds is 7. The summed E-state index contributed by atoms with van der Waals surface area (Å²) in [6.07, 6.45) is -1.12. The Bertz CT molecular complexity index is 372. The molecule has 0 aliphatic heterocycles. The van der Waals surface area contributed by atoms with Crippen LogP contribution in [0.3, 0.4) is 0 Å². The maximum atomic E-state index is 12.2. The van der Waals surface area contributed by atoms with Gasteiger partial charge in [-0.1, -0.05) is 19.1 Å². The number of ether oxygens (including phenoxy) is 2. The Morgan fingerprint density at radius 1 is 1.33 bits per heavy atom. The Labute approximate surface area is 106 Å². The minimum Gasteiger partial charge on any atom is -0.493 e. The van der Waals surface area contributed by atoms with Crippen molar-refractivity contribution in [3.05, 3.63) is 23.8 Å². The van der Waals surface area contributed by atoms with Crippen molar-refractivity contribution in [2.24, 2.45) is 5.73 Å². The highest BCUT2D eigenvalue weighted by atomic mass is 19.3. The summed E-state index contributed by atoms with van der Waals surface area (Å²) in [6.45, 7) is 1.33. The second-order valence-corrected chi connectivity index (χ2v) is 4.02. The topological polar surface area (TPSA) is 44.5 Å². The molecule has 0 spiro atoms. The molecular weight excluding hydrogens is 240 g/mol. The first-order chi connectivity index (χ1) is 8.58. The fraction of sp³-hybridized carbons (Fsp3) is 0.538. The molecule has 102 valence electrons. The number of alkyl halides is 2. The van der Waals surface area contributed by atoms with Crippen LogP contribution in [0.15, 0.2) is 18.2 Å². The second kappa shape index (κ2) is 7.16. The van der Waals surface area contributed by atoms with E-state index in [1.165, 1.54) is 7.11 Å². The molecule has 5 heteroatoms. The highest BCUT2D eigenvalue weighted by Crippen LogP contribution is 2.32. The third-order valence-electron chi connectivity index (χ3n) is 2.64. The summed E-state index contributed by atoms with van der Waals surface area (Å²) >= 11 is 0. The van der Waals surface area contributed by atoms with Gasteiger partial charge in [0.15, 0.2) is 11.5 Å². The Hall–Kier alpha value is -1.36. The molecule has 18 heavy (non-hydrogen) atoms. The highest BCUT2D eigenvalue weighted by molar-refractivity contribution is 5.47. The van der Waals surface area contributed by atoms with E-state index >= 15 is 0 Å². The molecule has 0 aliphatic carbocycles. The molecule has 3 nitrogen and oxygen atoms in total. The van der Waals surface area contributed by atoms with Crippen LogP contribution in [0.25, 0.3) is 0 Å². The van der Waals surface area contributed by atoms with E-state index in [0.29, 0.717) is 17.9 Å². The molecule has 0 bridgehead atoms. The van der Waals surface area contributed by atoms with E-state index in [0.717, 1.165) is 12.0 Å². The molecule has 0 saturated heterocycles. The van der Waals surface area contributed by atoms with Crippen LogP contribution in [-0.2, 0) is 6.42 Å². The summed E-state index contributed by atoms with van der Waals surface area (Å²) in [5, 5.41) is 0. The van der Waals surface area contributed by atoms with Crippen LogP contribution >= 0.6 is 0 Å². The Balaban J connectivity index is 2.92. The van der Waals surface area contributed by atoms with E-state index in [4.69, 9.17) is 15.2 Å². The van der Waals surface area contributed by atoms with Crippen LogP contribution < -0.4 is 15.2 Å². The number of methoxy groups -OCH3 is 1. The van der Waals surface area contributed by atoms with Gasteiger partial charge in [-0.15, -0.1) is 0 Å². The van der Waals surface area contributed by atoms with Crippen LogP contribution in [0.1, 0.15) is 18.9 Å². The summed E-state index contributed by atoms with van der Waals surface area (Å²) in [4.78, 5) is 0. The lowest BCUT2D eigenvalue weighted by molar-refractivity contribution is 0.0799. The molecule has 0 heterocycles. The Morgan fingerprint density at radius 3 is 2.61 bits per heavy atom. The lowest BCUT2D eigenvalue weighted by Crippen LogP contribution is -2.22. The van der Waals surface area contributed by atoms with Gasteiger partial charge in [0.05, 0.1) is 7.11 Å². The van der Waals surface area contributed by atoms with Gasteiger partial charge in [-0.05, 0) is 24.5 Å². The lowest BCUT2D eigenvalue weighted by atomic mass is 10.0. The Kier molecular flexibility index (Phi) is 5.85. The summed E-state index contributed by atoms with van der Waals surface area (Å²) < 4.78 is 34.7. The van der Waals surface area contributed by atoms with Crippen LogP contribution in [0.2, 0.25) is 0 Å². The molecule has 0 amide bonds. The average Bonchev–Trinajstić information content (AvgIpc) is 2.36. The third-order valence-corrected chi connectivity index (χ3v) is 2.64. The predicted molar refractivity (Wildman–Crippen MR) is 66.5 cm³/mol. The number of hydrogen-bond donors (Lipinski definition) is 1. The van der Waals surface area contributed by atoms with Crippen LogP contribution in [0.4, 0.5) is 8.78 Å². The maximum absolute atomic E-state index is 12.2. The summed E-state index contributed by atoms with van der Waals surface area (Å²) in [5.74, 6) is 0.820. The van der Waals surface area contributed by atoms with Crippen molar-refractivity contribution in [3.63, 3.8) is 0 Å². The normalized spacial score (nSPS) is 12.6. The molecule has 1 aromatic carbocycles. The van der Waals surface area contributed by atoms with E-state index in [9.17, 15) is 8.78 Å². The largest absolute Gasteiger partial charge is 0.493 e. The molecule has 0 aromatic heterocycles. The van der Waals surface area contributed by atoms with Gasteiger partial charge in [-0.25, -0.2) is 8.78 Å². The highest BCUT2D eigenvalue weighted by Gasteiger charge is 2.14. The molecule has 0 saturated carbocycles. The number of nitrogens with two attached hydrogens (primary N) is 1. The van der Waals surface area contributed by atoms with Crippen molar-refractivity contribution >= 4 is 0 Å². The van der Waals surface area contributed by atoms with E-state index in [1.54, 1.807) is 12.1 Å². The van der Waals surface area contributed by atoms with Gasteiger partial charge < -0.3 is 15.2 Å². The van der Waals surface area contributed by atoms with E-state index in [-0.39, 0.29) is 6.04 Å². The maximum Gasteiger partial charge on any atom is 0.272 e. The van der Waals surface area contributed by atoms with Crippen molar-refractivity contribution in [2.75, 3.05) is 13.7 Å². The van der Waals surface area contributed by atoms with Crippen molar-refractivity contribution in [3.8, 4) is 11.5 Å². The zero-order valence-electron chi connectivity index (χ0n) is 10.7. The van der Waals surface area contributed by atoms with Gasteiger partial charge in [-0.3, -0.25) is 0 Å². The predicted octanol–water partition coefficient (Wildman–Crippen LogP) is 2.62. The molecule has 1 aromatic rings. The smallest absolute Gasteiger partial charge is 0.272 e. The van der Waals surface area contributed by atoms with Crippen molar-refractivity contribution in [2.45, 2.75) is 32.2 Å². The second-order valence-electron chi connectivity index (χ2n) is 4.02. The van der Waals surface area contributed by atoms with Gasteiger partial charge in [0.25, 0.3) is 6.43 Å². The van der Waals surface area contributed by atoms with E-state index < -0.39 is 13.0 Å². The molecule has 0 radical (unpaired) electrons. The molecule has 0 fully saturated rings. The summed E-state index contributed by atoms with van der Waals surface area (Å²) in [7, 11) is 1.48. The summed E-state index contributed by atoms with van der Waals surface area (Å²) in [6, 6.07) is 5.28. The number of halogens is 2. The standard InChI is InChI=1S/C13H19F2NO2/c1-3-10(16)7-9-5-4-6-11(17-2)13(9)18-8-12(14)15/h4-6,10,12H,3,7-8,16H2,1-2H3. The van der Waals surface area contributed by atoms with Gasteiger partial charge >= 0.3 is 0 Å². The molecule has 0 aliphatic rings. The van der Waals surface area contributed by atoms with E-state index in [1.807, 2.05) is 13.0 Å². The monoisotopic (exact) mass is 259 g/mol. The minimum atomic E-state index is -2.51. The Morgan fingerprint density at radius 2 is 2.06 bits per heavy atom. The average molecular weight is 259 g/mol. The molecule has 2 N–H and O–H groups in total. The van der Waals surface area contributed by atoms with Gasteiger partial charge in [0, 0.05) is 6.04 Å². The quantitative estimate of drug-likeness (QED) is 0.818. The lowest BCUT2D eigenvalue weighted by Gasteiger charge is -2.16. The zero-order valence-corrected chi connectivity index (χ0v) is 10.7. The van der Waals surface area contributed by atoms with Crippen molar-refractivity contribution < 1.29 is 18.3 Å². The molecular formula is C13H19F2NO2. The molecule has 1 atom stereocenters. The van der Waals surface area contributed by atoms with Gasteiger partial charge in [0.1, 0.15) is 6.61 Å². The van der Waals surface area contributed by atoms with Crippen LogP contribution in [0.5, 0.6) is 11.5 Å². The number of benzene rings is 1. The van der Waals surface area contributed by atoms with Gasteiger partial charge in [-0.2, -0.15) is 0 Å². The van der Waals surface area contributed by atoms with Gasteiger partial charge in [0.2, 0.25) is 0 Å². The summed E-state index contributed by atoms with van der Waals surface area (Å²) in [5.41, 5.74) is 6.67. The van der Waals surface area contributed by atoms with Crippen LogP contribution in [-0.4, -0.2) is 26.2 Å². The first-order valence-electron chi connectivity index (χ1n) is 5.90.